The van der Waals surface area contributed by atoms with E-state index in [0.29, 0.717) is 11.2 Å². The third-order valence-corrected chi connectivity index (χ3v) is 2.04. The summed E-state index contributed by atoms with van der Waals surface area (Å²) in [7, 11) is 1.95. The van der Waals surface area contributed by atoms with Crippen molar-refractivity contribution in [1.82, 2.24) is 14.9 Å². The van der Waals surface area contributed by atoms with Gasteiger partial charge in [0.2, 0.25) is 5.28 Å². The van der Waals surface area contributed by atoms with Gasteiger partial charge in [-0.2, -0.15) is 0 Å². The van der Waals surface area contributed by atoms with E-state index in [2.05, 4.69) is 17.2 Å². The minimum absolute atomic E-state index is 0.568. The Bertz CT molecular complexity index is 234. The normalized spacial score (nSPS) is 13.2. The number of nitrogens with zero attached hydrogens (tertiary/aromatic N) is 2. The molecule has 0 saturated heterocycles. The molecule has 0 fully saturated rings. The van der Waals surface area contributed by atoms with Gasteiger partial charge in [-0.25, -0.2) is 4.98 Å². The average molecular weight is 188 g/mol. The fourth-order valence-electron chi connectivity index (χ4n) is 1.20. The molecule has 1 rings (SSSR count). The molecule has 12 heavy (non-hydrogen) atoms. The molecule has 0 aromatic carbocycles. The van der Waals surface area contributed by atoms with Crippen molar-refractivity contribution in [3.8, 4) is 0 Å². The van der Waals surface area contributed by atoms with Crippen molar-refractivity contribution in [3.05, 3.63) is 17.7 Å². The van der Waals surface area contributed by atoms with E-state index in [-0.39, 0.29) is 0 Å². The van der Waals surface area contributed by atoms with Gasteiger partial charge in [0.25, 0.3) is 0 Å². The molecule has 0 aliphatic carbocycles. The second-order valence-electron chi connectivity index (χ2n) is 3.01. The average Bonchev–Trinajstić information content (AvgIpc) is 2.37. The molecule has 1 aromatic heterocycles. The molecule has 0 spiro atoms. The number of rotatable bonds is 4. The molecular formula is C8H14ClN3. The van der Waals surface area contributed by atoms with Crippen molar-refractivity contribution >= 4 is 11.6 Å². The first-order valence-corrected chi connectivity index (χ1v) is 4.43. The van der Waals surface area contributed by atoms with Crippen molar-refractivity contribution in [3.63, 3.8) is 0 Å². The largest absolute Gasteiger partial charge is 0.321 e. The van der Waals surface area contributed by atoms with Crippen LogP contribution in [0, 0.1) is 5.92 Å². The van der Waals surface area contributed by atoms with Gasteiger partial charge >= 0.3 is 0 Å². The third kappa shape index (κ3) is 2.50. The van der Waals surface area contributed by atoms with Crippen LogP contribution in [0.1, 0.15) is 6.92 Å². The lowest BCUT2D eigenvalue weighted by Crippen LogP contribution is -2.20. The summed E-state index contributed by atoms with van der Waals surface area (Å²) in [6.07, 6.45) is 3.61. The number of nitrogens with one attached hydrogen (secondary N) is 1. The Balaban J connectivity index is 2.46. The molecular weight excluding hydrogens is 174 g/mol. The van der Waals surface area contributed by atoms with E-state index in [1.54, 1.807) is 6.20 Å². The van der Waals surface area contributed by atoms with Crippen LogP contribution in [0.4, 0.5) is 0 Å². The Morgan fingerprint density at radius 2 is 2.50 bits per heavy atom. The van der Waals surface area contributed by atoms with Crippen LogP contribution in [-0.2, 0) is 6.54 Å². The van der Waals surface area contributed by atoms with Crippen LogP contribution in [0.5, 0.6) is 0 Å². The van der Waals surface area contributed by atoms with Gasteiger partial charge in [0.05, 0.1) is 0 Å². The van der Waals surface area contributed by atoms with Gasteiger partial charge in [0.15, 0.2) is 0 Å². The summed E-state index contributed by atoms with van der Waals surface area (Å²) in [5, 5.41) is 3.69. The maximum atomic E-state index is 5.82. The first-order chi connectivity index (χ1) is 5.74. The Kier molecular flexibility index (Phi) is 3.56. The van der Waals surface area contributed by atoms with Crippen LogP contribution in [0.25, 0.3) is 0 Å². The smallest absolute Gasteiger partial charge is 0.202 e. The summed E-state index contributed by atoms with van der Waals surface area (Å²) in [6, 6.07) is 0. The van der Waals surface area contributed by atoms with E-state index in [0.717, 1.165) is 13.1 Å². The zero-order valence-electron chi connectivity index (χ0n) is 7.42. The van der Waals surface area contributed by atoms with E-state index in [1.807, 2.05) is 17.8 Å². The standard InChI is InChI=1S/C8H14ClN3/c1-7(5-10-2)6-12-4-3-11-8(12)9/h3-4,7,10H,5-6H2,1-2H3. The summed E-state index contributed by atoms with van der Waals surface area (Å²) in [5.74, 6) is 0.571. The molecule has 1 atom stereocenters. The molecule has 0 aliphatic rings. The first kappa shape index (κ1) is 9.55. The SMILES string of the molecule is CNCC(C)Cn1ccnc1Cl. The Labute approximate surface area is 77.7 Å². The van der Waals surface area contributed by atoms with E-state index in [1.165, 1.54) is 0 Å². The summed E-state index contributed by atoms with van der Waals surface area (Å²) >= 11 is 5.82. The minimum atomic E-state index is 0.568. The van der Waals surface area contributed by atoms with Crippen LogP contribution in [0.3, 0.4) is 0 Å². The van der Waals surface area contributed by atoms with Crippen molar-refractivity contribution < 1.29 is 0 Å². The number of aromatic nitrogens is 2. The van der Waals surface area contributed by atoms with Gasteiger partial charge in [0, 0.05) is 18.9 Å². The van der Waals surface area contributed by atoms with Crippen LogP contribution in [0.2, 0.25) is 5.28 Å². The Morgan fingerprint density at radius 1 is 1.75 bits per heavy atom. The van der Waals surface area contributed by atoms with Gasteiger partial charge in [-0.15, -0.1) is 0 Å². The third-order valence-electron chi connectivity index (χ3n) is 1.73. The van der Waals surface area contributed by atoms with E-state index >= 15 is 0 Å². The molecule has 1 aromatic rings. The molecule has 0 amide bonds. The van der Waals surface area contributed by atoms with Crippen LogP contribution < -0.4 is 5.32 Å². The molecule has 68 valence electrons. The second-order valence-corrected chi connectivity index (χ2v) is 3.35. The zero-order chi connectivity index (χ0) is 8.97. The number of hydrogen-bond donors (Lipinski definition) is 1. The zero-order valence-corrected chi connectivity index (χ0v) is 8.17. The van der Waals surface area contributed by atoms with Gasteiger partial charge in [-0.05, 0) is 31.1 Å². The molecule has 0 aliphatic heterocycles. The fourth-order valence-corrected chi connectivity index (χ4v) is 1.38. The predicted octanol–water partition coefficient (Wildman–Crippen LogP) is 1.39. The molecule has 1 heterocycles. The molecule has 4 heteroatoms. The number of hydrogen-bond acceptors (Lipinski definition) is 2. The fraction of sp³-hybridized carbons (Fsp3) is 0.625. The van der Waals surface area contributed by atoms with Crippen LogP contribution in [-0.4, -0.2) is 23.1 Å². The van der Waals surface area contributed by atoms with E-state index < -0.39 is 0 Å². The van der Waals surface area contributed by atoms with Crippen molar-refractivity contribution in [2.45, 2.75) is 13.5 Å². The highest BCUT2D eigenvalue weighted by Gasteiger charge is 2.04. The highest BCUT2D eigenvalue weighted by Crippen LogP contribution is 2.07. The molecule has 0 bridgehead atoms. The van der Waals surface area contributed by atoms with E-state index in [9.17, 15) is 0 Å². The topological polar surface area (TPSA) is 29.9 Å². The van der Waals surface area contributed by atoms with Crippen molar-refractivity contribution in [2.75, 3.05) is 13.6 Å². The lowest BCUT2D eigenvalue weighted by atomic mass is 10.2. The number of halogens is 1. The minimum Gasteiger partial charge on any atom is -0.321 e. The second kappa shape index (κ2) is 4.48. The Morgan fingerprint density at radius 3 is 3.00 bits per heavy atom. The van der Waals surface area contributed by atoms with Gasteiger partial charge in [-0.1, -0.05) is 6.92 Å². The summed E-state index contributed by atoms with van der Waals surface area (Å²) < 4.78 is 1.95. The number of imidazole rings is 1. The van der Waals surface area contributed by atoms with Crippen molar-refractivity contribution in [1.29, 1.82) is 0 Å². The Hall–Kier alpha value is -0.540. The first-order valence-electron chi connectivity index (χ1n) is 4.05. The van der Waals surface area contributed by atoms with Crippen LogP contribution in [0.15, 0.2) is 12.4 Å². The van der Waals surface area contributed by atoms with E-state index in [4.69, 9.17) is 11.6 Å². The summed E-state index contributed by atoms with van der Waals surface area (Å²) in [4.78, 5) is 3.94. The molecule has 1 unspecified atom stereocenters. The summed E-state index contributed by atoms with van der Waals surface area (Å²) in [5.41, 5.74) is 0. The molecule has 0 radical (unpaired) electrons. The molecule has 3 nitrogen and oxygen atoms in total. The van der Waals surface area contributed by atoms with Gasteiger partial charge < -0.3 is 9.88 Å². The highest BCUT2D eigenvalue weighted by atomic mass is 35.5. The highest BCUT2D eigenvalue weighted by molar-refractivity contribution is 6.28. The maximum Gasteiger partial charge on any atom is 0.202 e. The molecule has 1 N–H and O–H groups in total. The predicted molar refractivity (Wildman–Crippen MR) is 50.3 cm³/mol. The monoisotopic (exact) mass is 187 g/mol. The quantitative estimate of drug-likeness (QED) is 0.772. The maximum absolute atomic E-state index is 5.82. The van der Waals surface area contributed by atoms with Gasteiger partial charge in [-0.3, -0.25) is 0 Å². The van der Waals surface area contributed by atoms with Gasteiger partial charge in [0.1, 0.15) is 0 Å². The summed E-state index contributed by atoms with van der Waals surface area (Å²) in [6.45, 7) is 4.08. The lowest BCUT2D eigenvalue weighted by Gasteiger charge is -2.11. The van der Waals surface area contributed by atoms with Crippen molar-refractivity contribution in [2.24, 2.45) is 5.92 Å². The molecule has 0 saturated carbocycles. The van der Waals surface area contributed by atoms with Crippen LogP contribution >= 0.6 is 11.6 Å². The lowest BCUT2D eigenvalue weighted by molar-refractivity contribution is 0.462.